The van der Waals surface area contributed by atoms with Crippen LogP contribution >= 0.6 is 0 Å². The second-order valence-corrected chi connectivity index (χ2v) is 6.65. The average Bonchev–Trinajstić information content (AvgIpc) is 2.79. The lowest BCUT2D eigenvalue weighted by Gasteiger charge is -2.08. The molecule has 0 unspecified atom stereocenters. The minimum atomic E-state index is -0.366. The van der Waals surface area contributed by atoms with E-state index >= 15 is 0 Å². The number of hydrazine groups is 2. The minimum Gasteiger partial charge on any atom is -0.273 e. The Balaban J connectivity index is 1.48. The van der Waals surface area contributed by atoms with Gasteiger partial charge in [-0.05, 0) is 37.1 Å². The molecule has 2 aromatic rings. The third kappa shape index (κ3) is 8.55. The predicted octanol–water partition coefficient (Wildman–Crippen LogP) is 2.25. The largest absolute Gasteiger partial charge is 0.273 e. The zero-order valence-corrected chi connectivity index (χ0v) is 16.6. The summed E-state index contributed by atoms with van der Waals surface area (Å²) >= 11 is 0. The molecule has 0 heterocycles. The van der Waals surface area contributed by atoms with Gasteiger partial charge in [0, 0.05) is 24.0 Å². The molecule has 4 amide bonds. The van der Waals surface area contributed by atoms with Gasteiger partial charge in [0.05, 0.1) is 0 Å². The van der Waals surface area contributed by atoms with E-state index in [4.69, 9.17) is 0 Å². The lowest BCUT2D eigenvalue weighted by Crippen LogP contribution is -2.41. The molecule has 8 nitrogen and oxygen atoms in total. The van der Waals surface area contributed by atoms with Gasteiger partial charge in [-0.25, -0.2) is 0 Å². The number of benzene rings is 2. The Morgan fingerprint density at radius 1 is 0.500 bits per heavy atom. The normalized spacial score (nSPS) is 10.0. The quantitative estimate of drug-likeness (QED) is 0.375. The van der Waals surface area contributed by atoms with Crippen LogP contribution in [0.2, 0.25) is 0 Å². The second kappa shape index (κ2) is 12.7. The summed E-state index contributed by atoms with van der Waals surface area (Å²) in [6.45, 7) is 0. The van der Waals surface area contributed by atoms with Crippen molar-refractivity contribution in [1.82, 2.24) is 21.7 Å². The molecule has 8 heteroatoms. The molecule has 0 aliphatic carbocycles. The Hall–Kier alpha value is -3.68. The van der Waals surface area contributed by atoms with Crippen molar-refractivity contribution in [3.8, 4) is 0 Å². The Labute approximate surface area is 175 Å². The molecule has 0 fully saturated rings. The van der Waals surface area contributed by atoms with Crippen molar-refractivity contribution >= 4 is 23.6 Å². The third-order valence-corrected chi connectivity index (χ3v) is 4.26. The Kier molecular flexibility index (Phi) is 9.58. The molecular formula is C22H26N4O4. The van der Waals surface area contributed by atoms with E-state index in [0.717, 1.165) is 12.8 Å². The van der Waals surface area contributed by atoms with Gasteiger partial charge >= 0.3 is 0 Å². The summed E-state index contributed by atoms with van der Waals surface area (Å²) in [4.78, 5) is 47.1. The number of carbonyl (C=O) groups is 4. The van der Waals surface area contributed by atoms with Gasteiger partial charge in [-0.1, -0.05) is 49.2 Å². The lowest BCUT2D eigenvalue weighted by molar-refractivity contribution is -0.123. The number of nitrogens with one attached hydrogen (secondary N) is 4. The van der Waals surface area contributed by atoms with Gasteiger partial charge in [-0.2, -0.15) is 0 Å². The highest BCUT2D eigenvalue weighted by molar-refractivity contribution is 5.95. The third-order valence-electron chi connectivity index (χ3n) is 4.26. The van der Waals surface area contributed by atoms with E-state index in [1.165, 1.54) is 0 Å². The van der Waals surface area contributed by atoms with Crippen molar-refractivity contribution in [3.63, 3.8) is 0 Å². The fourth-order valence-electron chi connectivity index (χ4n) is 2.63. The number of hydrogen-bond acceptors (Lipinski definition) is 4. The molecule has 0 saturated carbocycles. The van der Waals surface area contributed by atoms with Crippen LogP contribution in [-0.4, -0.2) is 23.6 Å². The molecule has 0 spiro atoms. The molecule has 4 N–H and O–H groups in total. The van der Waals surface area contributed by atoms with Crippen molar-refractivity contribution in [2.45, 2.75) is 38.5 Å². The first kappa shape index (κ1) is 22.6. The van der Waals surface area contributed by atoms with E-state index in [9.17, 15) is 19.2 Å². The molecule has 2 rings (SSSR count). The lowest BCUT2D eigenvalue weighted by atomic mass is 10.1. The molecule has 0 radical (unpaired) electrons. The summed E-state index contributed by atoms with van der Waals surface area (Å²) in [5.74, 6) is -1.26. The highest BCUT2D eigenvalue weighted by Crippen LogP contribution is 2.05. The first-order valence-corrected chi connectivity index (χ1v) is 9.84. The number of carbonyl (C=O) groups excluding carboxylic acids is 4. The molecule has 30 heavy (non-hydrogen) atoms. The van der Waals surface area contributed by atoms with Crippen molar-refractivity contribution in [3.05, 3.63) is 71.8 Å². The summed E-state index contributed by atoms with van der Waals surface area (Å²) in [6.07, 6.45) is 3.44. The standard InChI is InChI=1S/C22H26N4O4/c27-19(23-25-21(29)17-11-5-3-6-12-17)15-9-1-2-10-16-20(28)24-26-22(30)18-13-7-4-8-14-18/h3-8,11-14H,1-2,9-10,15-16H2,(H,23,27)(H,24,28)(H,25,29)(H,26,30). The number of rotatable bonds is 9. The summed E-state index contributed by atoms with van der Waals surface area (Å²) in [6, 6.07) is 17.2. The molecule has 0 saturated heterocycles. The number of unbranched alkanes of at least 4 members (excludes halogenated alkanes) is 3. The average molecular weight is 410 g/mol. The minimum absolute atomic E-state index is 0.263. The SMILES string of the molecule is O=C(CCCCCCC(=O)NNC(=O)c1ccccc1)NNC(=O)c1ccccc1. The maximum absolute atomic E-state index is 11.8. The fraction of sp³-hybridized carbons (Fsp3) is 0.273. The number of amides is 4. The van der Waals surface area contributed by atoms with Crippen LogP contribution in [-0.2, 0) is 9.59 Å². The topological polar surface area (TPSA) is 116 Å². The van der Waals surface area contributed by atoms with Crippen molar-refractivity contribution in [1.29, 1.82) is 0 Å². The van der Waals surface area contributed by atoms with Crippen LogP contribution in [0, 0.1) is 0 Å². The zero-order chi connectivity index (χ0) is 21.6. The van der Waals surface area contributed by atoms with Crippen LogP contribution in [0.5, 0.6) is 0 Å². The van der Waals surface area contributed by atoms with Gasteiger partial charge in [0.15, 0.2) is 0 Å². The molecule has 0 aliphatic rings. The summed E-state index contributed by atoms with van der Waals surface area (Å²) < 4.78 is 0. The van der Waals surface area contributed by atoms with Gasteiger partial charge in [0.25, 0.3) is 11.8 Å². The number of hydrogen-bond donors (Lipinski definition) is 4. The van der Waals surface area contributed by atoms with Crippen LogP contribution in [0.15, 0.2) is 60.7 Å². The highest BCUT2D eigenvalue weighted by Gasteiger charge is 2.08. The van der Waals surface area contributed by atoms with Crippen LogP contribution in [0.1, 0.15) is 59.2 Å². The van der Waals surface area contributed by atoms with Gasteiger partial charge in [-0.15, -0.1) is 0 Å². The van der Waals surface area contributed by atoms with Gasteiger partial charge in [0.2, 0.25) is 11.8 Å². The molecule has 0 aliphatic heterocycles. The van der Waals surface area contributed by atoms with Crippen LogP contribution in [0.4, 0.5) is 0 Å². The van der Waals surface area contributed by atoms with Crippen molar-refractivity contribution in [2.24, 2.45) is 0 Å². The van der Waals surface area contributed by atoms with Crippen molar-refractivity contribution < 1.29 is 19.2 Å². The second-order valence-electron chi connectivity index (χ2n) is 6.65. The van der Waals surface area contributed by atoms with E-state index in [1.807, 2.05) is 0 Å². The molecule has 158 valence electrons. The first-order valence-electron chi connectivity index (χ1n) is 9.84. The van der Waals surface area contributed by atoms with Gasteiger partial charge in [-0.3, -0.25) is 40.9 Å². The van der Waals surface area contributed by atoms with Gasteiger partial charge < -0.3 is 0 Å². The smallest absolute Gasteiger partial charge is 0.269 e. The molecular weight excluding hydrogens is 384 g/mol. The summed E-state index contributed by atoms with van der Waals surface area (Å²) in [5.41, 5.74) is 10.5. The van der Waals surface area contributed by atoms with Crippen LogP contribution in [0.25, 0.3) is 0 Å². The van der Waals surface area contributed by atoms with E-state index in [2.05, 4.69) is 21.7 Å². The first-order chi connectivity index (χ1) is 14.6. The maximum atomic E-state index is 11.8. The fourth-order valence-corrected chi connectivity index (χ4v) is 2.63. The van der Waals surface area contributed by atoms with E-state index in [-0.39, 0.29) is 36.5 Å². The van der Waals surface area contributed by atoms with E-state index in [1.54, 1.807) is 60.7 Å². The van der Waals surface area contributed by atoms with Crippen LogP contribution < -0.4 is 21.7 Å². The Bertz CT molecular complexity index is 769. The predicted molar refractivity (Wildman–Crippen MR) is 112 cm³/mol. The highest BCUT2D eigenvalue weighted by atomic mass is 16.2. The summed E-state index contributed by atoms with van der Waals surface area (Å²) in [7, 11) is 0. The molecule has 0 bridgehead atoms. The Morgan fingerprint density at radius 2 is 0.867 bits per heavy atom. The van der Waals surface area contributed by atoms with E-state index in [0.29, 0.717) is 24.0 Å². The molecule has 0 aromatic heterocycles. The summed E-state index contributed by atoms with van der Waals surface area (Å²) in [5, 5.41) is 0. The van der Waals surface area contributed by atoms with Crippen LogP contribution in [0.3, 0.4) is 0 Å². The van der Waals surface area contributed by atoms with Gasteiger partial charge in [0.1, 0.15) is 0 Å². The Morgan fingerprint density at radius 3 is 1.23 bits per heavy atom. The molecule has 2 aromatic carbocycles. The maximum Gasteiger partial charge on any atom is 0.269 e. The zero-order valence-electron chi connectivity index (χ0n) is 16.6. The molecule has 0 atom stereocenters. The monoisotopic (exact) mass is 410 g/mol. The van der Waals surface area contributed by atoms with E-state index < -0.39 is 0 Å². The van der Waals surface area contributed by atoms with Crippen molar-refractivity contribution in [2.75, 3.05) is 0 Å².